The minimum atomic E-state index is -1.66. The van der Waals surface area contributed by atoms with Crippen molar-refractivity contribution in [2.24, 2.45) is 5.41 Å². The molecule has 0 amide bonds. The summed E-state index contributed by atoms with van der Waals surface area (Å²) in [5.41, 5.74) is 1.35. The highest BCUT2D eigenvalue weighted by Crippen LogP contribution is 2.61. The summed E-state index contributed by atoms with van der Waals surface area (Å²) < 4.78 is 19.6. The van der Waals surface area contributed by atoms with Crippen LogP contribution in [0.25, 0.3) is 6.08 Å². The van der Waals surface area contributed by atoms with Crippen molar-refractivity contribution >= 4 is 40.7 Å². The van der Waals surface area contributed by atoms with Crippen LogP contribution in [-0.2, 0) is 0 Å². The van der Waals surface area contributed by atoms with Gasteiger partial charge in [-0.2, -0.15) is 0 Å². The number of fused-ring (bicyclic) bond motifs is 5. The predicted octanol–water partition coefficient (Wildman–Crippen LogP) is 6.80. The van der Waals surface area contributed by atoms with E-state index in [4.69, 9.17) is 16.3 Å². The van der Waals surface area contributed by atoms with Gasteiger partial charge in [-0.25, -0.2) is 4.39 Å². The molecular formula is C34H23ClFNO4. The van der Waals surface area contributed by atoms with Gasteiger partial charge in [-0.3, -0.25) is 14.4 Å². The van der Waals surface area contributed by atoms with E-state index < -0.39 is 29.2 Å². The molecule has 0 bridgehead atoms. The van der Waals surface area contributed by atoms with E-state index in [1.165, 1.54) is 19.2 Å². The average Bonchev–Trinajstić information content (AvgIpc) is 3.43. The van der Waals surface area contributed by atoms with Gasteiger partial charge in [0.2, 0.25) is 0 Å². The largest absolute Gasteiger partial charge is 0.497 e. The molecule has 1 spiro atoms. The zero-order valence-corrected chi connectivity index (χ0v) is 22.6. The van der Waals surface area contributed by atoms with Gasteiger partial charge in [-0.15, -0.1) is 0 Å². The molecule has 5 nitrogen and oxygen atoms in total. The van der Waals surface area contributed by atoms with Gasteiger partial charge in [0.25, 0.3) is 0 Å². The summed E-state index contributed by atoms with van der Waals surface area (Å²) in [6, 6.07) is 22.9. The molecule has 0 radical (unpaired) electrons. The maximum Gasteiger partial charge on any atom is 0.186 e. The lowest BCUT2D eigenvalue weighted by atomic mass is 9.64. The third-order valence-corrected chi connectivity index (χ3v) is 8.85. The maximum atomic E-state index is 14.7. The third-order valence-electron chi connectivity index (χ3n) is 8.62. The smallest absolute Gasteiger partial charge is 0.186 e. The van der Waals surface area contributed by atoms with Gasteiger partial charge in [0.1, 0.15) is 23.0 Å². The fraction of sp³-hybridized carbons (Fsp3) is 0.147. The van der Waals surface area contributed by atoms with E-state index in [-0.39, 0.29) is 17.3 Å². The molecule has 41 heavy (non-hydrogen) atoms. The standard InChI is InChI=1S/C34H23ClFNO4/c1-41-24-6-4-5-21(18-24)31(38)30-29(19-9-13-23(36)14-10-19)34(32(39)25-7-2-3-8-26(25)33(34)40)28-16-11-20-17-22(35)12-15-27(20)37(28)30/h2-18,28-30H,1H3/t28-,29+,30-/m0/s1. The molecule has 0 N–H and O–H groups in total. The van der Waals surface area contributed by atoms with Crippen molar-refractivity contribution in [2.75, 3.05) is 12.0 Å². The Labute approximate surface area is 240 Å². The van der Waals surface area contributed by atoms with Crippen LogP contribution in [0.3, 0.4) is 0 Å². The van der Waals surface area contributed by atoms with E-state index in [2.05, 4.69) is 0 Å². The van der Waals surface area contributed by atoms with Gasteiger partial charge >= 0.3 is 0 Å². The van der Waals surface area contributed by atoms with Crippen LogP contribution in [0.1, 0.15) is 48.1 Å². The molecule has 1 fully saturated rings. The van der Waals surface area contributed by atoms with Crippen LogP contribution < -0.4 is 9.64 Å². The molecule has 7 heteroatoms. The molecule has 0 saturated carbocycles. The summed E-state index contributed by atoms with van der Waals surface area (Å²) >= 11 is 6.34. The molecule has 4 aromatic carbocycles. The lowest BCUT2D eigenvalue weighted by molar-refractivity contribution is 0.0666. The first-order chi connectivity index (χ1) is 19.9. The number of Topliss-reactive ketones (excluding diaryl/α,β-unsaturated/α-hetero) is 3. The highest BCUT2D eigenvalue weighted by atomic mass is 35.5. The second kappa shape index (κ2) is 9.25. The van der Waals surface area contributed by atoms with Crippen molar-refractivity contribution < 1.29 is 23.5 Å². The zero-order valence-electron chi connectivity index (χ0n) is 21.9. The van der Waals surface area contributed by atoms with E-state index in [0.717, 1.165) is 5.56 Å². The number of ether oxygens (including phenoxy) is 1. The van der Waals surface area contributed by atoms with Gasteiger partial charge < -0.3 is 9.64 Å². The second-order valence-electron chi connectivity index (χ2n) is 10.6. The number of carbonyl (C=O) groups excluding carboxylic acids is 3. The van der Waals surface area contributed by atoms with Crippen LogP contribution in [0.4, 0.5) is 10.1 Å². The first-order valence-corrected chi connectivity index (χ1v) is 13.6. The fourth-order valence-electron chi connectivity index (χ4n) is 6.94. The molecular weight excluding hydrogens is 541 g/mol. The quantitative estimate of drug-likeness (QED) is 0.202. The van der Waals surface area contributed by atoms with E-state index in [0.29, 0.717) is 38.7 Å². The average molecular weight is 564 g/mol. The molecule has 1 aliphatic carbocycles. The Bertz CT molecular complexity index is 1760. The number of hydrogen-bond acceptors (Lipinski definition) is 5. The number of methoxy groups -OCH3 is 1. The van der Waals surface area contributed by atoms with Gasteiger partial charge in [-0.05, 0) is 53.6 Å². The predicted molar refractivity (Wildman–Crippen MR) is 155 cm³/mol. The monoisotopic (exact) mass is 563 g/mol. The Morgan fingerprint density at radius 2 is 1.61 bits per heavy atom. The SMILES string of the molecule is COc1cccc(C(=O)[C@@H]2[C@@H](c3ccc(F)cc3)C3(C(=O)c4ccccc4C3=O)[C@@H]3C=Cc4cc(Cl)ccc4N23)c1. The summed E-state index contributed by atoms with van der Waals surface area (Å²) in [4.78, 5) is 45.8. The summed E-state index contributed by atoms with van der Waals surface area (Å²) in [5.74, 6) is -1.85. The number of anilines is 1. The number of benzene rings is 4. The summed E-state index contributed by atoms with van der Waals surface area (Å²) in [6.07, 6.45) is 3.68. The Balaban J connectivity index is 1.54. The lowest BCUT2D eigenvalue weighted by Crippen LogP contribution is -2.48. The zero-order chi connectivity index (χ0) is 28.5. The van der Waals surface area contributed by atoms with Gasteiger partial charge in [0, 0.05) is 33.3 Å². The highest BCUT2D eigenvalue weighted by Gasteiger charge is 2.71. The van der Waals surface area contributed by atoms with Crippen molar-refractivity contribution in [3.05, 3.63) is 136 Å². The van der Waals surface area contributed by atoms with Crippen molar-refractivity contribution in [1.82, 2.24) is 0 Å². The van der Waals surface area contributed by atoms with Crippen molar-refractivity contribution in [3.63, 3.8) is 0 Å². The summed E-state index contributed by atoms with van der Waals surface area (Å²) in [5, 5.41) is 0.520. The minimum absolute atomic E-state index is 0.284. The Morgan fingerprint density at radius 3 is 2.29 bits per heavy atom. The van der Waals surface area contributed by atoms with E-state index in [1.807, 2.05) is 23.1 Å². The second-order valence-corrected chi connectivity index (χ2v) is 11.0. The van der Waals surface area contributed by atoms with Crippen molar-refractivity contribution in [2.45, 2.75) is 18.0 Å². The van der Waals surface area contributed by atoms with E-state index >= 15 is 0 Å². The molecule has 0 unspecified atom stereocenters. The van der Waals surface area contributed by atoms with Crippen LogP contribution >= 0.6 is 11.6 Å². The molecule has 4 aromatic rings. The van der Waals surface area contributed by atoms with E-state index in [9.17, 15) is 18.8 Å². The molecule has 1 saturated heterocycles. The van der Waals surface area contributed by atoms with Gasteiger partial charge in [0.05, 0.1) is 13.2 Å². The first kappa shape index (κ1) is 25.4. The molecule has 2 heterocycles. The van der Waals surface area contributed by atoms with Crippen molar-refractivity contribution in [3.8, 4) is 5.75 Å². The molecule has 3 atom stereocenters. The maximum absolute atomic E-state index is 14.7. The normalized spacial score (nSPS) is 21.5. The van der Waals surface area contributed by atoms with Gasteiger partial charge in [0.15, 0.2) is 17.3 Å². The lowest BCUT2D eigenvalue weighted by Gasteiger charge is -2.37. The topological polar surface area (TPSA) is 63.7 Å². The number of hydrogen-bond donors (Lipinski definition) is 0. The molecule has 202 valence electrons. The van der Waals surface area contributed by atoms with Crippen LogP contribution in [0.2, 0.25) is 5.02 Å². The minimum Gasteiger partial charge on any atom is -0.497 e. The molecule has 7 rings (SSSR count). The summed E-state index contributed by atoms with van der Waals surface area (Å²) in [6.45, 7) is 0. The summed E-state index contributed by atoms with van der Waals surface area (Å²) in [7, 11) is 1.52. The van der Waals surface area contributed by atoms with Gasteiger partial charge in [-0.1, -0.05) is 72.3 Å². The van der Waals surface area contributed by atoms with Crippen LogP contribution in [-0.4, -0.2) is 36.5 Å². The third kappa shape index (κ3) is 3.50. The number of nitrogens with zero attached hydrogens (tertiary/aromatic N) is 1. The number of ketones is 3. The van der Waals surface area contributed by atoms with Crippen LogP contribution in [0, 0.1) is 11.2 Å². The van der Waals surface area contributed by atoms with Crippen molar-refractivity contribution in [1.29, 1.82) is 0 Å². The molecule has 2 aliphatic heterocycles. The number of carbonyl (C=O) groups is 3. The number of rotatable bonds is 4. The first-order valence-electron chi connectivity index (χ1n) is 13.2. The highest BCUT2D eigenvalue weighted by molar-refractivity contribution is 6.32. The molecule has 0 aromatic heterocycles. The Morgan fingerprint density at radius 1 is 0.902 bits per heavy atom. The number of halogens is 2. The van der Waals surface area contributed by atoms with E-state index in [1.54, 1.807) is 72.8 Å². The van der Waals surface area contributed by atoms with Crippen LogP contribution in [0.5, 0.6) is 5.75 Å². The molecule has 3 aliphatic rings. The fourth-order valence-corrected chi connectivity index (χ4v) is 7.12. The van der Waals surface area contributed by atoms with Crippen LogP contribution in [0.15, 0.2) is 97.1 Å². The Kier molecular flexibility index (Phi) is 5.73. The Hall–Kier alpha value is -4.55.